The minimum absolute atomic E-state index is 0.397. The van der Waals surface area contributed by atoms with Gasteiger partial charge in [0, 0.05) is 37.1 Å². The lowest BCUT2D eigenvalue weighted by atomic mass is 10.2. The number of benzene rings is 1. The SMILES string of the molecule is CN1CCc2cc3cccc(O)c3n2CC1. The zero-order valence-electron chi connectivity index (χ0n) is 9.48. The fraction of sp³-hybridized carbons (Fsp3) is 0.385. The van der Waals surface area contributed by atoms with Crippen molar-refractivity contribution in [2.24, 2.45) is 0 Å². The number of para-hydroxylation sites is 1. The Morgan fingerprint density at radius 1 is 1.19 bits per heavy atom. The maximum atomic E-state index is 9.94. The van der Waals surface area contributed by atoms with Gasteiger partial charge in [0.2, 0.25) is 0 Å². The Bertz CT molecular complexity index is 530. The standard InChI is InChI=1S/C13H16N2O/c1-14-6-5-11-9-10-3-2-4-12(16)13(10)15(11)8-7-14/h2-4,9,16H,5-8H2,1H3. The lowest BCUT2D eigenvalue weighted by molar-refractivity contribution is 0.342. The number of phenols is 1. The second-order valence-corrected chi connectivity index (χ2v) is 4.56. The van der Waals surface area contributed by atoms with E-state index in [2.05, 4.69) is 28.6 Å². The molecule has 0 saturated heterocycles. The van der Waals surface area contributed by atoms with E-state index in [4.69, 9.17) is 0 Å². The van der Waals surface area contributed by atoms with Crippen LogP contribution in [0.3, 0.4) is 0 Å². The first kappa shape index (κ1) is 9.73. The highest BCUT2D eigenvalue weighted by Crippen LogP contribution is 2.29. The summed E-state index contributed by atoms with van der Waals surface area (Å²) in [6, 6.07) is 7.95. The van der Waals surface area contributed by atoms with Crippen molar-refractivity contribution in [3.05, 3.63) is 30.0 Å². The molecule has 1 aromatic carbocycles. The van der Waals surface area contributed by atoms with Crippen LogP contribution in [-0.4, -0.2) is 34.7 Å². The summed E-state index contributed by atoms with van der Waals surface area (Å²) in [6.45, 7) is 3.11. The minimum atomic E-state index is 0.397. The first-order chi connectivity index (χ1) is 7.75. The van der Waals surface area contributed by atoms with E-state index in [0.717, 1.165) is 37.0 Å². The average Bonchev–Trinajstić information content (AvgIpc) is 2.54. The molecule has 16 heavy (non-hydrogen) atoms. The number of phenolic OH excluding ortho intramolecular Hbond substituents is 1. The lowest BCUT2D eigenvalue weighted by Crippen LogP contribution is -2.21. The predicted octanol–water partition coefficient (Wildman–Crippen LogP) is 1.83. The molecule has 3 rings (SSSR count). The van der Waals surface area contributed by atoms with Crippen molar-refractivity contribution < 1.29 is 5.11 Å². The largest absolute Gasteiger partial charge is 0.506 e. The van der Waals surface area contributed by atoms with E-state index >= 15 is 0 Å². The summed E-state index contributed by atoms with van der Waals surface area (Å²) in [6.07, 6.45) is 1.06. The lowest BCUT2D eigenvalue weighted by Gasteiger charge is -2.12. The van der Waals surface area contributed by atoms with Gasteiger partial charge in [0.15, 0.2) is 0 Å². The summed E-state index contributed by atoms with van der Waals surface area (Å²) in [5.41, 5.74) is 2.33. The van der Waals surface area contributed by atoms with Crippen molar-refractivity contribution in [2.75, 3.05) is 20.1 Å². The Hall–Kier alpha value is -1.48. The fourth-order valence-corrected chi connectivity index (χ4v) is 2.51. The molecule has 1 aromatic heterocycles. The van der Waals surface area contributed by atoms with Gasteiger partial charge in [0.1, 0.15) is 5.75 Å². The van der Waals surface area contributed by atoms with Crippen molar-refractivity contribution in [3.8, 4) is 5.75 Å². The molecule has 0 fully saturated rings. The van der Waals surface area contributed by atoms with Crippen molar-refractivity contribution in [2.45, 2.75) is 13.0 Å². The van der Waals surface area contributed by atoms with Crippen molar-refractivity contribution in [1.82, 2.24) is 9.47 Å². The molecule has 0 amide bonds. The highest BCUT2D eigenvalue weighted by molar-refractivity contribution is 5.86. The molecule has 3 nitrogen and oxygen atoms in total. The zero-order chi connectivity index (χ0) is 11.1. The van der Waals surface area contributed by atoms with Gasteiger partial charge < -0.3 is 14.6 Å². The molecule has 0 radical (unpaired) electrons. The Balaban J connectivity index is 2.20. The molecule has 3 heteroatoms. The Morgan fingerprint density at radius 2 is 2.06 bits per heavy atom. The van der Waals surface area contributed by atoms with Crippen LogP contribution in [0.15, 0.2) is 24.3 Å². The molecule has 2 heterocycles. The third kappa shape index (κ3) is 1.39. The van der Waals surface area contributed by atoms with Crippen LogP contribution < -0.4 is 0 Å². The molecule has 0 atom stereocenters. The number of aromatic nitrogens is 1. The monoisotopic (exact) mass is 216 g/mol. The number of hydrogen-bond acceptors (Lipinski definition) is 2. The van der Waals surface area contributed by atoms with Gasteiger partial charge in [-0.2, -0.15) is 0 Å². The third-order valence-electron chi connectivity index (χ3n) is 3.44. The van der Waals surface area contributed by atoms with Crippen molar-refractivity contribution >= 4 is 10.9 Å². The van der Waals surface area contributed by atoms with Crippen LogP contribution in [0.25, 0.3) is 10.9 Å². The van der Waals surface area contributed by atoms with E-state index in [1.54, 1.807) is 6.07 Å². The van der Waals surface area contributed by atoms with Crippen LogP contribution in [0.2, 0.25) is 0 Å². The molecular weight excluding hydrogens is 200 g/mol. The smallest absolute Gasteiger partial charge is 0.139 e. The zero-order valence-corrected chi connectivity index (χ0v) is 9.48. The molecule has 0 spiro atoms. The Morgan fingerprint density at radius 3 is 2.94 bits per heavy atom. The molecule has 0 bridgehead atoms. The van der Waals surface area contributed by atoms with Crippen LogP contribution in [0.1, 0.15) is 5.69 Å². The van der Waals surface area contributed by atoms with Crippen LogP contribution in [0.5, 0.6) is 5.75 Å². The number of rotatable bonds is 0. The number of hydrogen-bond donors (Lipinski definition) is 1. The van der Waals surface area contributed by atoms with Gasteiger partial charge in [-0.25, -0.2) is 0 Å². The first-order valence-corrected chi connectivity index (χ1v) is 5.74. The van der Waals surface area contributed by atoms with Gasteiger partial charge in [0.05, 0.1) is 5.52 Å². The molecule has 1 aliphatic rings. The molecule has 0 unspecified atom stereocenters. The quantitative estimate of drug-likeness (QED) is 0.727. The van der Waals surface area contributed by atoms with Crippen LogP contribution >= 0.6 is 0 Å². The van der Waals surface area contributed by atoms with E-state index in [9.17, 15) is 5.11 Å². The molecule has 84 valence electrons. The number of likely N-dealkylation sites (N-methyl/N-ethyl adjacent to an activating group) is 1. The van der Waals surface area contributed by atoms with E-state index < -0.39 is 0 Å². The van der Waals surface area contributed by atoms with E-state index in [-0.39, 0.29) is 0 Å². The van der Waals surface area contributed by atoms with E-state index in [1.807, 2.05) is 6.07 Å². The van der Waals surface area contributed by atoms with Gasteiger partial charge in [-0.05, 0) is 19.2 Å². The van der Waals surface area contributed by atoms with Crippen LogP contribution in [0, 0.1) is 0 Å². The second kappa shape index (κ2) is 3.52. The predicted molar refractivity (Wildman–Crippen MR) is 64.8 cm³/mol. The van der Waals surface area contributed by atoms with Crippen LogP contribution in [-0.2, 0) is 13.0 Å². The maximum absolute atomic E-state index is 9.94. The normalized spacial score (nSPS) is 17.3. The van der Waals surface area contributed by atoms with Crippen molar-refractivity contribution in [1.29, 1.82) is 0 Å². The Labute approximate surface area is 94.9 Å². The number of nitrogens with zero attached hydrogens (tertiary/aromatic N) is 2. The minimum Gasteiger partial charge on any atom is -0.506 e. The van der Waals surface area contributed by atoms with Gasteiger partial charge in [-0.15, -0.1) is 0 Å². The van der Waals surface area contributed by atoms with Gasteiger partial charge >= 0.3 is 0 Å². The summed E-state index contributed by atoms with van der Waals surface area (Å²) in [5.74, 6) is 0.397. The fourth-order valence-electron chi connectivity index (χ4n) is 2.51. The van der Waals surface area contributed by atoms with Crippen molar-refractivity contribution in [3.63, 3.8) is 0 Å². The van der Waals surface area contributed by atoms with Gasteiger partial charge in [0.25, 0.3) is 0 Å². The summed E-state index contributed by atoms with van der Waals surface area (Å²) in [4.78, 5) is 2.33. The number of aromatic hydroxyl groups is 1. The van der Waals surface area contributed by atoms with E-state index in [0.29, 0.717) is 5.75 Å². The molecule has 2 aromatic rings. The highest BCUT2D eigenvalue weighted by atomic mass is 16.3. The van der Waals surface area contributed by atoms with E-state index in [1.165, 1.54) is 5.69 Å². The van der Waals surface area contributed by atoms with Gasteiger partial charge in [-0.1, -0.05) is 12.1 Å². The molecule has 0 aliphatic carbocycles. The van der Waals surface area contributed by atoms with Gasteiger partial charge in [-0.3, -0.25) is 0 Å². The second-order valence-electron chi connectivity index (χ2n) is 4.56. The maximum Gasteiger partial charge on any atom is 0.139 e. The summed E-state index contributed by atoms with van der Waals surface area (Å²) in [5, 5.41) is 11.1. The van der Waals surface area contributed by atoms with Crippen LogP contribution in [0.4, 0.5) is 0 Å². The molecule has 1 aliphatic heterocycles. The molecular formula is C13H16N2O. The first-order valence-electron chi connectivity index (χ1n) is 5.74. The molecule has 0 saturated carbocycles. The third-order valence-corrected chi connectivity index (χ3v) is 3.44. The summed E-state index contributed by atoms with van der Waals surface area (Å²) in [7, 11) is 2.15. The average molecular weight is 216 g/mol. The highest BCUT2D eigenvalue weighted by Gasteiger charge is 2.15. The number of fused-ring (bicyclic) bond motifs is 3. The topological polar surface area (TPSA) is 28.4 Å². The summed E-state index contributed by atoms with van der Waals surface area (Å²) < 4.78 is 2.26. The summed E-state index contributed by atoms with van der Waals surface area (Å²) >= 11 is 0. The Kier molecular flexibility index (Phi) is 2.14. The molecule has 1 N–H and O–H groups in total.